The Labute approximate surface area is 106 Å². The molecule has 5 nitrogen and oxygen atoms in total. The molecular weight excluding hydrogens is 230 g/mol. The van der Waals surface area contributed by atoms with Crippen molar-refractivity contribution in [1.82, 2.24) is 9.78 Å². The van der Waals surface area contributed by atoms with Gasteiger partial charge < -0.3 is 15.6 Å². The molecule has 0 aliphatic carbocycles. The molecular formula is C13H17N3O2. The number of benzene rings is 1. The highest BCUT2D eigenvalue weighted by Gasteiger charge is 2.15. The van der Waals surface area contributed by atoms with Crippen molar-refractivity contribution in [3.05, 3.63) is 35.7 Å². The van der Waals surface area contributed by atoms with Gasteiger partial charge in [0.15, 0.2) is 0 Å². The molecule has 0 bridgehead atoms. The maximum atomic E-state index is 9.12. The molecule has 0 aliphatic heterocycles. The molecule has 0 radical (unpaired) electrons. The minimum absolute atomic E-state index is 0.0322. The first-order valence-corrected chi connectivity index (χ1v) is 5.77. The van der Waals surface area contributed by atoms with E-state index in [1.54, 1.807) is 11.8 Å². The van der Waals surface area contributed by atoms with Gasteiger partial charge in [-0.3, -0.25) is 0 Å². The zero-order valence-electron chi connectivity index (χ0n) is 10.6. The summed E-state index contributed by atoms with van der Waals surface area (Å²) in [5, 5.41) is 13.5. The largest absolute Gasteiger partial charge is 0.494 e. The first-order chi connectivity index (χ1) is 8.69. The predicted octanol–water partition coefficient (Wildman–Crippen LogP) is 1.31. The van der Waals surface area contributed by atoms with Gasteiger partial charge in [0, 0.05) is 13.0 Å². The SMILES string of the molecule is COc1ccccc1-n1nc(C)c(N)c1CCO. The Morgan fingerprint density at radius 1 is 1.39 bits per heavy atom. The van der Waals surface area contributed by atoms with Gasteiger partial charge in [-0.15, -0.1) is 0 Å². The van der Waals surface area contributed by atoms with Crippen LogP contribution < -0.4 is 10.5 Å². The van der Waals surface area contributed by atoms with E-state index in [1.165, 1.54) is 0 Å². The van der Waals surface area contributed by atoms with E-state index in [0.29, 0.717) is 12.1 Å². The van der Waals surface area contributed by atoms with Crippen LogP contribution in [0.3, 0.4) is 0 Å². The molecule has 2 aromatic rings. The quantitative estimate of drug-likeness (QED) is 0.854. The van der Waals surface area contributed by atoms with Crippen LogP contribution in [-0.2, 0) is 6.42 Å². The van der Waals surface area contributed by atoms with Crippen molar-refractivity contribution in [3.8, 4) is 11.4 Å². The number of methoxy groups -OCH3 is 1. The molecule has 3 N–H and O–H groups in total. The number of aliphatic hydroxyl groups is 1. The number of anilines is 1. The summed E-state index contributed by atoms with van der Waals surface area (Å²) in [6, 6.07) is 7.58. The second-order valence-corrected chi connectivity index (χ2v) is 4.00. The van der Waals surface area contributed by atoms with Crippen LogP contribution in [0.4, 0.5) is 5.69 Å². The Hall–Kier alpha value is -2.01. The molecule has 18 heavy (non-hydrogen) atoms. The smallest absolute Gasteiger partial charge is 0.144 e. The summed E-state index contributed by atoms with van der Waals surface area (Å²) in [7, 11) is 1.62. The maximum Gasteiger partial charge on any atom is 0.144 e. The highest BCUT2D eigenvalue weighted by Crippen LogP contribution is 2.27. The van der Waals surface area contributed by atoms with Crippen LogP contribution in [-0.4, -0.2) is 28.6 Å². The fourth-order valence-corrected chi connectivity index (χ4v) is 1.94. The summed E-state index contributed by atoms with van der Waals surface area (Å²) in [5.41, 5.74) is 8.98. The average Bonchev–Trinajstić information content (AvgIpc) is 2.67. The Morgan fingerprint density at radius 2 is 2.11 bits per heavy atom. The number of ether oxygens (including phenoxy) is 1. The van der Waals surface area contributed by atoms with Gasteiger partial charge >= 0.3 is 0 Å². The van der Waals surface area contributed by atoms with Gasteiger partial charge in [0.05, 0.1) is 24.2 Å². The minimum Gasteiger partial charge on any atom is -0.494 e. The van der Waals surface area contributed by atoms with E-state index in [0.717, 1.165) is 22.8 Å². The number of nitrogens with two attached hydrogens (primary N) is 1. The van der Waals surface area contributed by atoms with E-state index in [1.807, 2.05) is 31.2 Å². The second-order valence-electron chi connectivity index (χ2n) is 4.00. The average molecular weight is 247 g/mol. The Bertz CT molecular complexity index is 549. The summed E-state index contributed by atoms with van der Waals surface area (Å²) in [4.78, 5) is 0. The van der Waals surface area contributed by atoms with Crippen LogP contribution in [0.15, 0.2) is 24.3 Å². The molecule has 0 saturated carbocycles. The first kappa shape index (κ1) is 12.4. The Balaban J connectivity index is 2.59. The Kier molecular flexibility index (Phi) is 3.53. The molecule has 1 aromatic heterocycles. The van der Waals surface area contributed by atoms with Gasteiger partial charge in [-0.2, -0.15) is 5.10 Å². The van der Waals surface area contributed by atoms with Gasteiger partial charge in [-0.05, 0) is 19.1 Å². The van der Waals surface area contributed by atoms with Crippen LogP contribution in [0.5, 0.6) is 5.75 Å². The fraction of sp³-hybridized carbons (Fsp3) is 0.308. The lowest BCUT2D eigenvalue weighted by atomic mass is 10.2. The molecule has 0 amide bonds. The fourth-order valence-electron chi connectivity index (χ4n) is 1.94. The van der Waals surface area contributed by atoms with Gasteiger partial charge in [0.2, 0.25) is 0 Å². The van der Waals surface area contributed by atoms with Crippen molar-refractivity contribution in [2.75, 3.05) is 19.5 Å². The topological polar surface area (TPSA) is 73.3 Å². The molecule has 1 aromatic carbocycles. The number of rotatable bonds is 4. The zero-order chi connectivity index (χ0) is 13.1. The van der Waals surface area contributed by atoms with Crippen LogP contribution >= 0.6 is 0 Å². The maximum absolute atomic E-state index is 9.12. The molecule has 0 fully saturated rings. The van der Waals surface area contributed by atoms with Crippen molar-refractivity contribution in [2.24, 2.45) is 0 Å². The summed E-state index contributed by atoms with van der Waals surface area (Å²) in [5.74, 6) is 0.721. The standard InChI is InChI=1S/C13H17N3O2/c1-9-13(14)11(7-8-17)16(15-9)10-5-3-4-6-12(10)18-2/h3-6,17H,7-8,14H2,1-2H3. The molecule has 0 unspecified atom stereocenters. The van der Waals surface area contributed by atoms with Crippen LogP contribution in [0, 0.1) is 6.92 Å². The van der Waals surface area contributed by atoms with Gasteiger partial charge in [0.1, 0.15) is 11.4 Å². The molecule has 1 heterocycles. The molecule has 0 spiro atoms. The number of nitrogen functional groups attached to an aromatic ring is 1. The van der Waals surface area contributed by atoms with E-state index >= 15 is 0 Å². The van der Waals surface area contributed by atoms with Crippen LogP contribution in [0.25, 0.3) is 5.69 Å². The lowest BCUT2D eigenvalue weighted by Crippen LogP contribution is -2.07. The number of hydrogen-bond donors (Lipinski definition) is 2. The van der Waals surface area contributed by atoms with Gasteiger partial charge in [-0.1, -0.05) is 12.1 Å². The highest BCUT2D eigenvalue weighted by atomic mass is 16.5. The molecule has 5 heteroatoms. The number of hydrogen-bond acceptors (Lipinski definition) is 4. The van der Waals surface area contributed by atoms with Gasteiger partial charge in [0.25, 0.3) is 0 Å². The summed E-state index contributed by atoms with van der Waals surface area (Å²) >= 11 is 0. The van der Waals surface area contributed by atoms with Crippen molar-refractivity contribution >= 4 is 5.69 Å². The number of aryl methyl sites for hydroxylation is 1. The molecule has 0 atom stereocenters. The molecule has 0 aliphatic rings. The third kappa shape index (κ3) is 2.04. The number of aromatic nitrogens is 2. The highest BCUT2D eigenvalue weighted by molar-refractivity contribution is 5.55. The predicted molar refractivity (Wildman–Crippen MR) is 70.1 cm³/mol. The lowest BCUT2D eigenvalue weighted by Gasteiger charge is -2.11. The third-order valence-corrected chi connectivity index (χ3v) is 2.87. The number of aliphatic hydroxyl groups excluding tert-OH is 1. The molecule has 96 valence electrons. The lowest BCUT2D eigenvalue weighted by molar-refractivity contribution is 0.297. The normalized spacial score (nSPS) is 10.6. The van der Waals surface area contributed by atoms with E-state index in [2.05, 4.69) is 5.10 Å². The molecule has 0 saturated heterocycles. The summed E-state index contributed by atoms with van der Waals surface area (Å²) in [6.45, 7) is 1.88. The van der Waals surface area contributed by atoms with Crippen molar-refractivity contribution in [2.45, 2.75) is 13.3 Å². The minimum atomic E-state index is 0.0322. The van der Waals surface area contributed by atoms with Crippen LogP contribution in [0.2, 0.25) is 0 Å². The van der Waals surface area contributed by atoms with E-state index in [4.69, 9.17) is 15.6 Å². The third-order valence-electron chi connectivity index (χ3n) is 2.87. The van der Waals surface area contributed by atoms with Crippen molar-refractivity contribution in [3.63, 3.8) is 0 Å². The van der Waals surface area contributed by atoms with E-state index < -0.39 is 0 Å². The summed E-state index contributed by atoms with van der Waals surface area (Å²) < 4.78 is 7.05. The number of para-hydroxylation sites is 2. The second kappa shape index (κ2) is 5.10. The zero-order valence-corrected chi connectivity index (χ0v) is 10.6. The summed E-state index contributed by atoms with van der Waals surface area (Å²) in [6.07, 6.45) is 0.463. The first-order valence-electron chi connectivity index (χ1n) is 5.77. The monoisotopic (exact) mass is 247 g/mol. The van der Waals surface area contributed by atoms with Crippen LogP contribution in [0.1, 0.15) is 11.4 Å². The van der Waals surface area contributed by atoms with Crippen molar-refractivity contribution < 1.29 is 9.84 Å². The van der Waals surface area contributed by atoms with Crippen molar-refractivity contribution in [1.29, 1.82) is 0 Å². The van der Waals surface area contributed by atoms with Gasteiger partial charge in [-0.25, -0.2) is 4.68 Å². The number of nitrogens with zero attached hydrogens (tertiary/aromatic N) is 2. The van der Waals surface area contributed by atoms with E-state index in [9.17, 15) is 0 Å². The molecule has 2 rings (SSSR count). The van der Waals surface area contributed by atoms with E-state index in [-0.39, 0.29) is 6.61 Å². The Morgan fingerprint density at radius 3 is 2.78 bits per heavy atom.